The first kappa shape index (κ1) is 20.5. The van der Waals surface area contributed by atoms with Crippen molar-refractivity contribution in [2.75, 3.05) is 5.32 Å². The number of aromatic nitrogens is 2. The molecule has 3 rings (SSSR count). The van der Waals surface area contributed by atoms with Crippen LogP contribution in [0.1, 0.15) is 59.9 Å². The summed E-state index contributed by atoms with van der Waals surface area (Å²) in [6.07, 6.45) is 4.14. The number of nitrogens with one attached hydrogen (secondary N) is 1. The Bertz CT molecular complexity index is 987. The molecule has 5 nitrogen and oxygen atoms in total. The summed E-state index contributed by atoms with van der Waals surface area (Å²) < 4.78 is 2.12. The molecule has 0 saturated carbocycles. The molecule has 1 N–H and O–H groups in total. The number of ketones is 1. The van der Waals surface area contributed by atoms with E-state index in [0.717, 1.165) is 22.6 Å². The molecule has 0 fully saturated rings. The zero-order chi connectivity index (χ0) is 20.8. The summed E-state index contributed by atoms with van der Waals surface area (Å²) in [5, 5.41) is 2.90. The van der Waals surface area contributed by atoms with Crippen molar-refractivity contribution in [3.63, 3.8) is 0 Å². The summed E-state index contributed by atoms with van der Waals surface area (Å²) in [5.74, 6) is 1.20. The van der Waals surface area contributed by atoms with Gasteiger partial charge >= 0.3 is 0 Å². The number of nitrogens with zero attached hydrogens (tertiary/aromatic N) is 2. The first-order valence-electron chi connectivity index (χ1n) is 9.92. The molecular weight excluding hydrogens is 362 g/mol. The van der Waals surface area contributed by atoms with Gasteiger partial charge in [-0.2, -0.15) is 0 Å². The molecule has 0 saturated heterocycles. The van der Waals surface area contributed by atoms with Gasteiger partial charge in [0.2, 0.25) is 5.91 Å². The molecule has 0 atom stereocenters. The number of Topliss-reactive ketones (excluding diaryl/α,β-unsaturated/α-hetero) is 1. The molecule has 0 unspecified atom stereocenters. The zero-order valence-electron chi connectivity index (χ0n) is 17.2. The van der Waals surface area contributed by atoms with Gasteiger partial charge < -0.3 is 9.88 Å². The van der Waals surface area contributed by atoms with Crippen molar-refractivity contribution < 1.29 is 9.59 Å². The second-order valence-corrected chi connectivity index (χ2v) is 7.61. The number of anilines is 1. The first-order valence-corrected chi connectivity index (χ1v) is 9.92. The number of benzene rings is 2. The fourth-order valence-electron chi connectivity index (χ4n) is 3.23. The van der Waals surface area contributed by atoms with Crippen molar-refractivity contribution in [3.05, 3.63) is 83.4 Å². The Morgan fingerprint density at radius 1 is 1.07 bits per heavy atom. The summed E-state index contributed by atoms with van der Waals surface area (Å²) in [5.41, 5.74) is 3.57. The molecule has 29 heavy (non-hydrogen) atoms. The van der Waals surface area contributed by atoms with Crippen LogP contribution in [0.4, 0.5) is 5.69 Å². The normalized spacial score (nSPS) is 10.9. The van der Waals surface area contributed by atoms with Gasteiger partial charge in [-0.25, -0.2) is 4.98 Å². The average molecular weight is 389 g/mol. The maximum atomic E-state index is 12.3. The van der Waals surface area contributed by atoms with Crippen molar-refractivity contribution >= 4 is 17.4 Å². The van der Waals surface area contributed by atoms with Gasteiger partial charge in [0.15, 0.2) is 5.78 Å². The van der Waals surface area contributed by atoms with Crippen LogP contribution in [0.2, 0.25) is 0 Å². The molecule has 1 amide bonds. The third-order valence-electron chi connectivity index (χ3n) is 4.78. The van der Waals surface area contributed by atoms with Gasteiger partial charge in [0.1, 0.15) is 5.82 Å². The van der Waals surface area contributed by atoms with Crippen LogP contribution >= 0.6 is 0 Å². The van der Waals surface area contributed by atoms with Crippen molar-refractivity contribution in [2.24, 2.45) is 0 Å². The van der Waals surface area contributed by atoms with Crippen LogP contribution in [0.25, 0.3) is 0 Å². The van der Waals surface area contributed by atoms with E-state index in [1.807, 2.05) is 55.7 Å². The summed E-state index contributed by atoms with van der Waals surface area (Å²) in [7, 11) is 0. The minimum absolute atomic E-state index is 0.0183. The Morgan fingerprint density at radius 2 is 1.83 bits per heavy atom. The van der Waals surface area contributed by atoms with E-state index >= 15 is 0 Å². The standard InChI is InChI=1S/C24H27N3O2/c1-17(2)24-25-13-14-27(24)16-19-5-4-6-21(15-19)26-23(29)12-11-22(28)20-9-7-18(3)8-10-20/h4-10,13-15,17H,11-12,16H2,1-3H3,(H,26,29). The van der Waals surface area contributed by atoms with Gasteiger partial charge in [-0.1, -0.05) is 55.8 Å². The molecule has 0 spiro atoms. The minimum Gasteiger partial charge on any atom is -0.330 e. The van der Waals surface area contributed by atoms with Crippen molar-refractivity contribution in [1.82, 2.24) is 9.55 Å². The molecule has 1 aromatic heterocycles. The molecule has 0 aliphatic rings. The number of rotatable bonds is 8. The summed E-state index contributed by atoms with van der Waals surface area (Å²) in [4.78, 5) is 29.0. The van der Waals surface area contributed by atoms with Crippen LogP contribution in [-0.4, -0.2) is 21.2 Å². The van der Waals surface area contributed by atoms with E-state index in [2.05, 4.69) is 28.7 Å². The van der Waals surface area contributed by atoms with Crippen LogP contribution in [0.3, 0.4) is 0 Å². The third kappa shape index (κ3) is 5.64. The number of hydrogen-bond donors (Lipinski definition) is 1. The lowest BCUT2D eigenvalue weighted by molar-refractivity contribution is -0.116. The molecule has 1 heterocycles. The smallest absolute Gasteiger partial charge is 0.224 e. The first-order chi connectivity index (χ1) is 13.9. The Labute approximate surface area is 171 Å². The molecule has 0 aliphatic heterocycles. The predicted octanol–water partition coefficient (Wildman–Crippen LogP) is 4.96. The molecule has 0 bridgehead atoms. The molecule has 2 aromatic carbocycles. The number of amides is 1. The van der Waals surface area contributed by atoms with Crippen LogP contribution < -0.4 is 5.32 Å². The molecular formula is C24H27N3O2. The second-order valence-electron chi connectivity index (χ2n) is 7.61. The van der Waals surface area contributed by atoms with E-state index < -0.39 is 0 Å². The number of aryl methyl sites for hydroxylation is 1. The Kier molecular flexibility index (Phi) is 6.60. The lowest BCUT2D eigenvalue weighted by Crippen LogP contribution is -2.14. The Morgan fingerprint density at radius 3 is 2.55 bits per heavy atom. The van der Waals surface area contributed by atoms with Crippen molar-refractivity contribution in [1.29, 1.82) is 0 Å². The van der Waals surface area contributed by atoms with Gasteiger partial charge in [0.25, 0.3) is 0 Å². The van der Waals surface area contributed by atoms with Crippen molar-refractivity contribution in [3.8, 4) is 0 Å². The highest BCUT2D eigenvalue weighted by Crippen LogP contribution is 2.17. The van der Waals surface area contributed by atoms with Gasteiger partial charge in [-0.15, -0.1) is 0 Å². The molecule has 0 aliphatic carbocycles. The molecule has 3 aromatic rings. The maximum Gasteiger partial charge on any atom is 0.224 e. The van der Waals surface area contributed by atoms with Crippen LogP contribution in [-0.2, 0) is 11.3 Å². The number of imidazole rings is 1. The SMILES string of the molecule is Cc1ccc(C(=O)CCC(=O)Nc2cccc(Cn3ccnc3C(C)C)c2)cc1. The molecule has 0 radical (unpaired) electrons. The van der Waals surface area contributed by atoms with E-state index in [1.165, 1.54) is 0 Å². The lowest BCUT2D eigenvalue weighted by Gasteiger charge is -2.12. The number of carbonyl (C=O) groups excluding carboxylic acids is 2. The summed E-state index contributed by atoms with van der Waals surface area (Å²) >= 11 is 0. The average Bonchev–Trinajstić information content (AvgIpc) is 3.15. The van der Waals surface area contributed by atoms with E-state index in [0.29, 0.717) is 18.0 Å². The fourth-order valence-corrected chi connectivity index (χ4v) is 3.23. The minimum atomic E-state index is -0.159. The monoisotopic (exact) mass is 389 g/mol. The highest BCUT2D eigenvalue weighted by atomic mass is 16.2. The largest absolute Gasteiger partial charge is 0.330 e. The quantitative estimate of drug-likeness (QED) is 0.554. The Hall–Kier alpha value is -3.21. The van der Waals surface area contributed by atoms with E-state index in [4.69, 9.17) is 0 Å². The predicted molar refractivity (Wildman–Crippen MR) is 115 cm³/mol. The number of hydrogen-bond acceptors (Lipinski definition) is 3. The topological polar surface area (TPSA) is 64.0 Å². The van der Waals surface area contributed by atoms with Crippen molar-refractivity contribution in [2.45, 2.75) is 46.1 Å². The maximum absolute atomic E-state index is 12.3. The van der Waals surface area contributed by atoms with Crippen LogP contribution in [0, 0.1) is 6.92 Å². The van der Waals surface area contributed by atoms with E-state index in [9.17, 15) is 9.59 Å². The fraction of sp³-hybridized carbons (Fsp3) is 0.292. The van der Waals surface area contributed by atoms with Gasteiger partial charge in [0.05, 0.1) is 0 Å². The van der Waals surface area contributed by atoms with E-state index in [-0.39, 0.29) is 24.5 Å². The van der Waals surface area contributed by atoms with Crippen LogP contribution in [0.5, 0.6) is 0 Å². The highest BCUT2D eigenvalue weighted by Gasteiger charge is 2.11. The van der Waals surface area contributed by atoms with E-state index in [1.54, 1.807) is 12.1 Å². The molecule has 150 valence electrons. The summed E-state index contributed by atoms with van der Waals surface area (Å²) in [6, 6.07) is 15.2. The second kappa shape index (κ2) is 9.32. The zero-order valence-corrected chi connectivity index (χ0v) is 17.2. The third-order valence-corrected chi connectivity index (χ3v) is 4.78. The lowest BCUT2D eigenvalue weighted by atomic mass is 10.0. The molecule has 5 heteroatoms. The Balaban J connectivity index is 1.56. The summed E-state index contributed by atoms with van der Waals surface area (Å²) in [6.45, 7) is 6.91. The number of carbonyl (C=O) groups is 2. The van der Waals surface area contributed by atoms with Crippen LogP contribution in [0.15, 0.2) is 60.9 Å². The highest BCUT2D eigenvalue weighted by molar-refractivity contribution is 6.00. The van der Waals surface area contributed by atoms with Gasteiger partial charge in [0, 0.05) is 48.9 Å². The van der Waals surface area contributed by atoms with Gasteiger partial charge in [-0.05, 0) is 24.6 Å². The van der Waals surface area contributed by atoms with Gasteiger partial charge in [-0.3, -0.25) is 9.59 Å².